The van der Waals surface area contributed by atoms with Gasteiger partial charge < -0.3 is 19.4 Å². The van der Waals surface area contributed by atoms with E-state index in [4.69, 9.17) is 9.47 Å². The first-order chi connectivity index (χ1) is 8.36. The van der Waals surface area contributed by atoms with Crippen molar-refractivity contribution in [1.82, 2.24) is 14.9 Å². The number of nitrogens with zero attached hydrogens (tertiary/aromatic N) is 2. The third-order valence-corrected chi connectivity index (χ3v) is 3.00. The lowest BCUT2D eigenvalue weighted by Crippen LogP contribution is -2.41. The molecule has 1 aromatic heterocycles. The maximum absolute atomic E-state index is 5.78. The predicted molar refractivity (Wildman–Crippen MR) is 64.9 cm³/mol. The second-order valence-corrected chi connectivity index (χ2v) is 4.09. The number of imidazole rings is 1. The number of aryl methyl sites for hydroxylation is 1. The van der Waals surface area contributed by atoms with Crippen molar-refractivity contribution in [3.8, 4) is 0 Å². The summed E-state index contributed by atoms with van der Waals surface area (Å²) in [6, 6.07) is 0.107. The van der Waals surface area contributed by atoms with Gasteiger partial charge in [-0.05, 0) is 13.5 Å². The van der Waals surface area contributed by atoms with E-state index < -0.39 is 0 Å². The molecule has 2 atom stereocenters. The van der Waals surface area contributed by atoms with E-state index in [0.29, 0.717) is 19.8 Å². The monoisotopic (exact) mass is 239 g/mol. The van der Waals surface area contributed by atoms with Crippen LogP contribution in [0.3, 0.4) is 0 Å². The van der Waals surface area contributed by atoms with Crippen LogP contribution in [0, 0.1) is 0 Å². The molecule has 17 heavy (non-hydrogen) atoms. The number of nitrogens with one attached hydrogen (secondary N) is 1. The van der Waals surface area contributed by atoms with E-state index in [-0.39, 0.29) is 12.1 Å². The van der Waals surface area contributed by atoms with Gasteiger partial charge in [-0.3, -0.25) is 0 Å². The van der Waals surface area contributed by atoms with Crippen molar-refractivity contribution in [3.63, 3.8) is 0 Å². The molecular formula is C12H21N3O2. The molecule has 2 rings (SSSR count). The van der Waals surface area contributed by atoms with Gasteiger partial charge >= 0.3 is 0 Å². The molecule has 1 saturated heterocycles. The Balaban J connectivity index is 2.15. The van der Waals surface area contributed by atoms with E-state index >= 15 is 0 Å². The number of hydrogen-bond acceptors (Lipinski definition) is 4. The molecule has 5 heteroatoms. The van der Waals surface area contributed by atoms with Crippen LogP contribution in [0.4, 0.5) is 0 Å². The van der Waals surface area contributed by atoms with Crippen molar-refractivity contribution in [3.05, 3.63) is 18.2 Å². The van der Waals surface area contributed by atoms with Crippen LogP contribution in [-0.2, 0) is 16.0 Å². The van der Waals surface area contributed by atoms with E-state index in [1.165, 1.54) is 0 Å². The molecule has 0 aromatic carbocycles. The number of ether oxygens (including phenoxy) is 2. The van der Waals surface area contributed by atoms with Crippen LogP contribution in [-0.4, -0.2) is 42.0 Å². The zero-order chi connectivity index (χ0) is 12.1. The van der Waals surface area contributed by atoms with Gasteiger partial charge in [0.15, 0.2) is 0 Å². The first-order valence-electron chi connectivity index (χ1n) is 6.30. The Kier molecular flexibility index (Phi) is 4.53. The molecule has 1 aliphatic rings. The van der Waals surface area contributed by atoms with Crippen molar-refractivity contribution in [2.45, 2.75) is 32.5 Å². The Morgan fingerprint density at radius 1 is 1.53 bits per heavy atom. The summed E-state index contributed by atoms with van der Waals surface area (Å²) in [5.41, 5.74) is 0. The minimum absolute atomic E-state index is 0.0522. The zero-order valence-corrected chi connectivity index (χ0v) is 10.6. The van der Waals surface area contributed by atoms with Crippen molar-refractivity contribution >= 4 is 0 Å². The van der Waals surface area contributed by atoms with Gasteiger partial charge in [-0.1, -0.05) is 6.92 Å². The van der Waals surface area contributed by atoms with Crippen LogP contribution in [0.5, 0.6) is 0 Å². The maximum atomic E-state index is 5.78. The lowest BCUT2D eigenvalue weighted by atomic mass is 10.1. The van der Waals surface area contributed by atoms with Crippen molar-refractivity contribution in [2.75, 3.05) is 26.4 Å². The fourth-order valence-corrected chi connectivity index (χ4v) is 2.17. The highest BCUT2D eigenvalue weighted by Gasteiger charge is 2.28. The van der Waals surface area contributed by atoms with Crippen molar-refractivity contribution in [2.24, 2.45) is 0 Å². The van der Waals surface area contributed by atoms with E-state index in [1.807, 2.05) is 12.4 Å². The summed E-state index contributed by atoms with van der Waals surface area (Å²) in [6.45, 7) is 8.01. The highest BCUT2D eigenvalue weighted by molar-refractivity contribution is 5.03. The molecule has 1 aromatic rings. The molecule has 2 heterocycles. The Hall–Kier alpha value is -0.910. The van der Waals surface area contributed by atoms with Crippen molar-refractivity contribution < 1.29 is 9.47 Å². The lowest BCUT2D eigenvalue weighted by Gasteiger charge is -2.30. The molecule has 0 amide bonds. The van der Waals surface area contributed by atoms with Crippen molar-refractivity contribution in [1.29, 1.82) is 0 Å². The Labute approximate surface area is 102 Å². The van der Waals surface area contributed by atoms with Crippen LogP contribution in [0.2, 0.25) is 0 Å². The highest BCUT2D eigenvalue weighted by Crippen LogP contribution is 2.20. The molecule has 1 fully saturated rings. The molecule has 2 unspecified atom stereocenters. The number of hydrogen-bond donors (Lipinski definition) is 1. The minimum Gasteiger partial charge on any atom is -0.376 e. The highest BCUT2D eigenvalue weighted by atomic mass is 16.6. The van der Waals surface area contributed by atoms with Gasteiger partial charge in [0.25, 0.3) is 0 Å². The van der Waals surface area contributed by atoms with E-state index in [0.717, 1.165) is 18.9 Å². The van der Waals surface area contributed by atoms with Crippen LogP contribution in [0.25, 0.3) is 0 Å². The molecule has 0 aliphatic carbocycles. The molecule has 1 N–H and O–H groups in total. The largest absolute Gasteiger partial charge is 0.376 e. The van der Waals surface area contributed by atoms with E-state index in [2.05, 4.69) is 28.7 Å². The smallest absolute Gasteiger partial charge is 0.128 e. The summed E-state index contributed by atoms with van der Waals surface area (Å²) < 4.78 is 13.4. The van der Waals surface area contributed by atoms with Gasteiger partial charge in [0.2, 0.25) is 0 Å². The summed E-state index contributed by atoms with van der Waals surface area (Å²) in [5, 5.41) is 3.44. The lowest BCUT2D eigenvalue weighted by molar-refractivity contribution is -0.103. The predicted octanol–water partition coefficient (Wildman–Crippen LogP) is 0.969. The molecule has 0 saturated carbocycles. The normalized spacial score (nSPS) is 22.6. The molecular weight excluding hydrogens is 218 g/mol. The first-order valence-corrected chi connectivity index (χ1v) is 6.30. The van der Waals surface area contributed by atoms with Crippen LogP contribution in [0.15, 0.2) is 12.4 Å². The second-order valence-electron chi connectivity index (χ2n) is 4.09. The maximum Gasteiger partial charge on any atom is 0.128 e. The zero-order valence-electron chi connectivity index (χ0n) is 10.6. The number of rotatable bonds is 5. The summed E-state index contributed by atoms with van der Waals surface area (Å²) in [7, 11) is 0. The standard InChI is InChI=1S/C12H21N3O2/c1-3-13-11(10-9-16-7-8-17-10)12-14-5-6-15(12)4-2/h5-6,10-11,13H,3-4,7-9H2,1-2H3. The summed E-state index contributed by atoms with van der Waals surface area (Å²) in [5.74, 6) is 1.03. The second kappa shape index (κ2) is 6.14. The summed E-state index contributed by atoms with van der Waals surface area (Å²) >= 11 is 0. The Morgan fingerprint density at radius 3 is 3.06 bits per heavy atom. The molecule has 96 valence electrons. The van der Waals surface area contributed by atoms with Gasteiger partial charge in [0.1, 0.15) is 11.9 Å². The van der Waals surface area contributed by atoms with Gasteiger partial charge in [0, 0.05) is 18.9 Å². The molecule has 1 aliphatic heterocycles. The van der Waals surface area contributed by atoms with Gasteiger partial charge in [-0.25, -0.2) is 4.98 Å². The van der Waals surface area contributed by atoms with Crippen LogP contribution >= 0.6 is 0 Å². The Morgan fingerprint density at radius 2 is 2.41 bits per heavy atom. The topological polar surface area (TPSA) is 48.3 Å². The fourth-order valence-electron chi connectivity index (χ4n) is 2.17. The van der Waals surface area contributed by atoms with Gasteiger partial charge in [-0.2, -0.15) is 0 Å². The summed E-state index contributed by atoms with van der Waals surface area (Å²) in [4.78, 5) is 4.45. The molecule has 0 spiro atoms. The van der Waals surface area contributed by atoms with Gasteiger partial charge in [0.05, 0.1) is 25.9 Å². The first kappa shape index (κ1) is 12.5. The van der Waals surface area contributed by atoms with E-state index in [9.17, 15) is 0 Å². The molecule has 0 bridgehead atoms. The molecule has 0 radical (unpaired) electrons. The number of likely N-dealkylation sites (N-methyl/N-ethyl adjacent to an activating group) is 1. The average Bonchev–Trinajstić information content (AvgIpc) is 2.85. The van der Waals surface area contributed by atoms with Crippen LogP contribution < -0.4 is 5.32 Å². The SMILES string of the molecule is CCNC(c1nccn1CC)C1COCCO1. The van der Waals surface area contributed by atoms with Gasteiger partial charge in [-0.15, -0.1) is 0 Å². The van der Waals surface area contributed by atoms with Crippen LogP contribution in [0.1, 0.15) is 25.7 Å². The average molecular weight is 239 g/mol. The summed E-state index contributed by atoms with van der Waals surface area (Å²) in [6.07, 6.45) is 3.90. The Bertz CT molecular complexity index is 334. The number of aromatic nitrogens is 2. The third kappa shape index (κ3) is 2.86. The quantitative estimate of drug-likeness (QED) is 0.831. The minimum atomic E-state index is 0.0522. The third-order valence-electron chi connectivity index (χ3n) is 3.00. The molecule has 5 nitrogen and oxygen atoms in total. The fraction of sp³-hybridized carbons (Fsp3) is 0.750. The van der Waals surface area contributed by atoms with E-state index in [1.54, 1.807) is 0 Å².